The Morgan fingerprint density at radius 3 is 1.94 bits per heavy atom. The Kier molecular flexibility index (Phi) is 10.9. The third-order valence-corrected chi connectivity index (χ3v) is 9.54. The summed E-state index contributed by atoms with van der Waals surface area (Å²) in [5, 5.41) is 5.78. The fourth-order valence-corrected chi connectivity index (χ4v) is 7.08. The van der Waals surface area contributed by atoms with Crippen molar-refractivity contribution in [1.82, 2.24) is 10.6 Å². The summed E-state index contributed by atoms with van der Waals surface area (Å²) >= 11 is 6.85. The Labute approximate surface area is 304 Å². The fraction of sp³-hybridized carbons (Fsp3) is 0.233. The quantitative estimate of drug-likeness (QED) is 0.101. The number of halogens is 1. The van der Waals surface area contributed by atoms with E-state index in [9.17, 15) is 14.4 Å². The van der Waals surface area contributed by atoms with Gasteiger partial charge in [0.05, 0.1) is 0 Å². The van der Waals surface area contributed by atoms with Gasteiger partial charge in [0.15, 0.2) is 5.60 Å². The maximum atomic E-state index is 14.3. The lowest BCUT2D eigenvalue weighted by molar-refractivity contribution is -0.157. The normalized spacial score (nSPS) is 13.7. The van der Waals surface area contributed by atoms with Crippen LogP contribution in [0, 0.1) is 12.8 Å². The predicted molar refractivity (Wildman–Crippen MR) is 200 cm³/mol. The first kappa shape index (κ1) is 35.4. The molecule has 1 aliphatic rings. The molecule has 0 aromatic heterocycles. The molecule has 5 aromatic rings. The summed E-state index contributed by atoms with van der Waals surface area (Å²) in [6, 6.07) is 39.6. The number of rotatable bonds is 12. The van der Waals surface area contributed by atoms with Crippen LogP contribution in [0.25, 0.3) is 11.1 Å². The first-order valence-electron chi connectivity index (χ1n) is 17.2. The summed E-state index contributed by atoms with van der Waals surface area (Å²) in [7, 11) is 0. The summed E-state index contributed by atoms with van der Waals surface area (Å²) in [6.07, 6.45) is -0.423. The summed E-state index contributed by atoms with van der Waals surface area (Å²) in [6.45, 7) is 5.64. The lowest BCUT2D eigenvalue weighted by Gasteiger charge is -2.37. The summed E-state index contributed by atoms with van der Waals surface area (Å²) in [4.78, 5) is 40.4. The molecule has 8 heteroatoms. The zero-order valence-electron chi connectivity index (χ0n) is 28.9. The predicted octanol–water partition coefficient (Wildman–Crippen LogP) is 8.55. The van der Waals surface area contributed by atoms with E-state index < -0.39 is 29.6 Å². The van der Waals surface area contributed by atoms with E-state index in [-0.39, 0.29) is 25.0 Å². The molecular formula is C43H41ClN2O5. The largest absolute Gasteiger partial charge is 0.449 e. The Morgan fingerprint density at radius 1 is 0.745 bits per heavy atom. The Morgan fingerprint density at radius 2 is 1.31 bits per heavy atom. The van der Waals surface area contributed by atoms with E-state index in [1.807, 2.05) is 130 Å². The fourth-order valence-electron chi connectivity index (χ4n) is 6.81. The Balaban J connectivity index is 1.18. The molecule has 260 valence electrons. The number of carbonyl (C=O) groups is 3. The molecule has 6 rings (SSSR count). The average molecular weight is 701 g/mol. The molecule has 0 radical (unpaired) electrons. The highest BCUT2D eigenvalue weighted by Crippen LogP contribution is 2.45. The van der Waals surface area contributed by atoms with Gasteiger partial charge in [0, 0.05) is 27.6 Å². The lowest BCUT2D eigenvalue weighted by atomic mass is 9.79. The summed E-state index contributed by atoms with van der Waals surface area (Å²) in [5.74, 6) is -1.27. The maximum Gasteiger partial charge on any atom is 0.407 e. The van der Waals surface area contributed by atoms with Crippen LogP contribution in [-0.2, 0) is 24.7 Å². The van der Waals surface area contributed by atoms with Gasteiger partial charge < -0.3 is 20.1 Å². The van der Waals surface area contributed by atoms with E-state index >= 15 is 0 Å². The van der Waals surface area contributed by atoms with E-state index in [4.69, 9.17) is 21.1 Å². The summed E-state index contributed by atoms with van der Waals surface area (Å²) < 4.78 is 12.2. The minimum absolute atomic E-state index is 0.0313. The second-order valence-corrected chi connectivity index (χ2v) is 13.7. The number of amides is 2. The van der Waals surface area contributed by atoms with Gasteiger partial charge in [-0.1, -0.05) is 152 Å². The van der Waals surface area contributed by atoms with E-state index in [2.05, 4.69) is 22.8 Å². The van der Waals surface area contributed by atoms with Crippen LogP contribution < -0.4 is 10.6 Å². The zero-order chi connectivity index (χ0) is 36.0. The van der Waals surface area contributed by atoms with Crippen LogP contribution in [0.4, 0.5) is 4.79 Å². The number of ether oxygens (including phenoxy) is 2. The summed E-state index contributed by atoms with van der Waals surface area (Å²) in [5.41, 5.74) is 6.03. The molecule has 0 fully saturated rings. The van der Waals surface area contributed by atoms with Crippen molar-refractivity contribution in [2.75, 3.05) is 13.2 Å². The van der Waals surface area contributed by atoms with Gasteiger partial charge in [-0.2, -0.15) is 0 Å². The van der Waals surface area contributed by atoms with Crippen LogP contribution in [0.5, 0.6) is 0 Å². The highest BCUT2D eigenvalue weighted by molar-refractivity contribution is 6.31. The molecule has 0 saturated heterocycles. The molecule has 0 heterocycles. The minimum Gasteiger partial charge on any atom is -0.449 e. The number of hydrogen-bond donors (Lipinski definition) is 2. The first-order chi connectivity index (χ1) is 24.7. The van der Waals surface area contributed by atoms with Gasteiger partial charge in [-0.3, -0.25) is 4.79 Å². The van der Waals surface area contributed by atoms with E-state index in [0.29, 0.717) is 28.1 Å². The molecule has 0 aliphatic heterocycles. The van der Waals surface area contributed by atoms with Crippen LogP contribution >= 0.6 is 11.6 Å². The van der Waals surface area contributed by atoms with Crippen LogP contribution in [-0.4, -0.2) is 37.2 Å². The monoisotopic (exact) mass is 700 g/mol. The van der Waals surface area contributed by atoms with E-state index in [1.54, 1.807) is 6.07 Å². The van der Waals surface area contributed by atoms with Gasteiger partial charge >= 0.3 is 12.1 Å². The zero-order valence-corrected chi connectivity index (χ0v) is 29.7. The number of carbonyl (C=O) groups excluding carboxylic acids is 3. The number of hydrogen-bond acceptors (Lipinski definition) is 5. The average Bonchev–Trinajstić information content (AvgIpc) is 3.46. The van der Waals surface area contributed by atoms with Crippen LogP contribution in [0.15, 0.2) is 127 Å². The van der Waals surface area contributed by atoms with Crippen molar-refractivity contribution in [1.29, 1.82) is 0 Å². The molecule has 1 aliphatic carbocycles. The topological polar surface area (TPSA) is 93.7 Å². The molecule has 7 nitrogen and oxygen atoms in total. The van der Waals surface area contributed by atoms with Crippen LogP contribution in [0.3, 0.4) is 0 Å². The van der Waals surface area contributed by atoms with E-state index in [0.717, 1.165) is 27.8 Å². The molecular weight excluding hydrogens is 660 g/mol. The first-order valence-corrected chi connectivity index (χ1v) is 17.5. The molecule has 2 N–H and O–H groups in total. The number of aryl methyl sites for hydroxylation is 1. The SMILES string of the molecule is Cc1ccc(C(OC(=O)[C@H](CC(C)C)NC(=O)CNC(=O)OCC2c3ccccc3-c3ccccc32)(c2ccccc2)c2ccccc2Cl)cc1. The van der Waals surface area contributed by atoms with Gasteiger partial charge in [-0.25, -0.2) is 9.59 Å². The van der Waals surface area contributed by atoms with Crippen molar-refractivity contribution < 1.29 is 23.9 Å². The highest BCUT2D eigenvalue weighted by Gasteiger charge is 2.43. The molecule has 0 bridgehead atoms. The third-order valence-electron chi connectivity index (χ3n) is 9.21. The second-order valence-electron chi connectivity index (χ2n) is 13.2. The van der Waals surface area contributed by atoms with Gasteiger partial charge in [0.2, 0.25) is 5.91 Å². The van der Waals surface area contributed by atoms with Crippen molar-refractivity contribution in [3.63, 3.8) is 0 Å². The second kappa shape index (κ2) is 15.7. The van der Waals surface area contributed by atoms with E-state index in [1.165, 1.54) is 0 Å². The van der Waals surface area contributed by atoms with Crippen molar-refractivity contribution in [2.24, 2.45) is 5.92 Å². The van der Waals surface area contributed by atoms with Gasteiger partial charge in [0.25, 0.3) is 0 Å². The van der Waals surface area contributed by atoms with Crippen molar-refractivity contribution in [3.05, 3.63) is 166 Å². The van der Waals surface area contributed by atoms with Crippen molar-refractivity contribution in [2.45, 2.75) is 44.8 Å². The van der Waals surface area contributed by atoms with Crippen molar-refractivity contribution >= 4 is 29.6 Å². The number of nitrogens with one attached hydrogen (secondary N) is 2. The number of fused-ring (bicyclic) bond motifs is 3. The third kappa shape index (κ3) is 7.69. The maximum absolute atomic E-state index is 14.3. The van der Waals surface area contributed by atoms with Gasteiger partial charge in [-0.05, 0) is 47.6 Å². The standard InChI is InChI=1S/C43H41ClN2O5/c1-28(2)25-39(46-40(47)26-45-42(49)50-27-36-34-17-9-7-15-32(34)33-16-8-10-18-35(33)36)41(48)51-43(30-13-5-4-6-14-30,31-23-21-29(3)22-24-31)37-19-11-12-20-38(37)44/h4-24,28,36,39H,25-27H2,1-3H3,(H,45,49)(H,46,47)/t39-,43?/m0/s1. The Hall–Kier alpha value is -5.40. The molecule has 0 spiro atoms. The van der Waals surface area contributed by atoms with Crippen LogP contribution in [0.1, 0.15) is 59.6 Å². The molecule has 0 saturated carbocycles. The number of benzene rings is 5. The number of alkyl carbamates (subject to hydrolysis) is 1. The smallest absolute Gasteiger partial charge is 0.407 e. The van der Waals surface area contributed by atoms with Gasteiger partial charge in [0.1, 0.15) is 19.2 Å². The number of esters is 1. The van der Waals surface area contributed by atoms with Crippen LogP contribution in [0.2, 0.25) is 5.02 Å². The van der Waals surface area contributed by atoms with Gasteiger partial charge in [-0.15, -0.1) is 0 Å². The highest BCUT2D eigenvalue weighted by atomic mass is 35.5. The molecule has 2 atom stereocenters. The minimum atomic E-state index is -1.43. The molecule has 5 aromatic carbocycles. The van der Waals surface area contributed by atoms with Crippen molar-refractivity contribution in [3.8, 4) is 11.1 Å². The molecule has 1 unspecified atom stereocenters. The molecule has 2 amide bonds. The Bertz CT molecular complexity index is 1970. The lowest BCUT2D eigenvalue weighted by Crippen LogP contribution is -2.49. The molecule has 51 heavy (non-hydrogen) atoms.